The lowest BCUT2D eigenvalue weighted by atomic mass is 10.0. The van der Waals surface area contributed by atoms with Crippen LogP contribution in [0.25, 0.3) is 0 Å². The Kier molecular flexibility index (Phi) is 6.08. The van der Waals surface area contributed by atoms with Crippen LogP contribution in [0.2, 0.25) is 0 Å². The molecule has 0 saturated carbocycles. The third-order valence-electron chi connectivity index (χ3n) is 4.16. The highest BCUT2D eigenvalue weighted by molar-refractivity contribution is 7.80. The molecule has 2 N–H and O–H groups in total. The minimum atomic E-state index is -0.651. The molecule has 3 nitrogen and oxygen atoms in total. The van der Waals surface area contributed by atoms with Gasteiger partial charge in [-0.05, 0) is 57.6 Å². The van der Waals surface area contributed by atoms with E-state index in [1.165, 1.54) is 31.4 Å². The van der Waals surface area contributed by atoms with Crippen molar-refractivity contribution >= 4 is 23.0 Å². The number of benzene rings is 1. The van der Waals surface area contributed by atoms with E-state index in [1.54, 1.807) is 0 Å². The molecule has 1 fully saturated rings. The largest absolute Gasteiger partial charge is 0.361 e. The summed E-state index contributed by atoms with van der Waals surface area (Å²) in [6.45, 7) is 6.21. The monoisotopic (exact) mass is 327 g/mol. The number of rotatable bonds is 4. The molecule has 0 aromatic heterocycles. The van der Waals surface area contributed by atoms with Crippen LogP contribution in [0.1, 0.15) is 33.1 Å². The van der Waals surface area contributed by atoms with E-state index >= 15 is 0 Å². The Morgan fingerprint density at radius 3 is 2.86 bits per heavy atom. The summed E-state index contributed by atoms with van der Waals surface area (Å²) in [6.07, 6.45) is 3.76. The van der Waals surface area contributed by atoms with Crippen LogP contribution < -0.4 is 10.6 Å². The number of hydrogen-bond donors (Lipinski definition) is 2. The molecule has 2 rings (SSSR count). The van der Waals surface area contributed by atoms with E-state index in [4.69, 9.17) is 12.2 Å². The van der Waals surface area contributed by atoms with Crippen molar-refractivity contribution in [2.45, 2.75) is 45.2 Å². The third-order valence-corrected chi connectivity index (χ3v) is 4.40. The van der Waals surface area contributed by atoms with Gasteiger partial charge in [0, 0.05) is 24.7 Å². The van der Waals surface area contributed by atoms with Crippen molar-refractivity contribution < 1.29 is 8.78 Å². The fourth-order valence-electron chi connectivity index (χ4n) is 2.89. The first-order valence-corrected chi connectivity index (χ1v) is 8.14. The predicted octanol–water partition coefficient (Wildman–Crippen LogP) is 3.51. The van der Waals surface area contributed by atoms with E-state index in [2.05, 4.69) is 29.4 Å². The second-order valence-electron chi connectivity index (χ2n) is 5.89. The molecule has 2 atom stereocenters. The van der Waals surface area contributed by atoms with Gasteiger partial charge in [-0.3, -0.25) is 4.90 Å². The highest BCUT2D eigenvalue weighted by Gasteiger charge is 2.22. The summed E-state index contributed by atoms with van der Waals surface area (Å²) >= 11 is 5.18. The number of nitrogens with zero attached hydrogens (tertiary/aromatic N) is 1. The molecule has 0 amide bonds. The van der Waals surface area contributed by atoms with Crippen molar-refractivity contribution in [2.24, 2.45) is 0 Å². The molecule has 6 heteroatoms. The number of thiocarbonyl (C=S) groups is 1. The van der Waals surface area contributed by atoms with E-state index in [1.807, 2.05) is 0 Å². The smallest absolute Gasteiger partial charge is 0.170 e. The number of piperidine rings is 1. The number of nitrogens with one attached hydrogen (secondary N) is 2. The van der Waals surface area contributed by atoms with Crippen molar-refractivity contribution in [3.05, 3.63) is 29.8 Å². The molecule has 1 aliphatic rings. The van der Waals surface area contributed by atoms with Gasteiger partial charge < -0.3 is 10.6 Å². The SMILES string of the molecule is C[C@@H]1CCCCN1[C@H](C)CNC(=S)Nc1ccc(F)cc1F. The molecule has 0 aliphatic carbocycles. The van der Waals surface area contributed by atoms with Crippen LogP contribution in [0.4, 0.5) is 14.5 Å². The normalized spacial score (nSPS) is 20.5. The first-order chi connectivity index (χ1) is 10.5. The topological polar surface area (TPSA) is 27.3 Å². The van der Waals surface area contributed by atoms with E-state index in [0.717, 1.165) is 12.6 Å². The minimum Gasteiger partial charge on any atom is -0.361 e. The van der Waals surface area contributed by atoms with Crippen molar-refractivity contribution in [3.8, 4) is 0 Å². The summed E-state index contributed by atoms with van der Waals surface area (Å²) in [7, 11) is 0. The Labute approximate surface area is 136 Å². The molecule has 1 saturated heterocycles. The van der Waals surface area contributed by atoms with E-state index in [9.17, 15) is 8.78 Å². The molecule has 0 unspecified atom stereocenters. The van der Waals surface area contributed by atoms with Gasteiger partial charge in [0.25, 0.3) is 0 Å². The van der Waals surface area contributed by atoms with E-state index in [0.29, 0.717) is 23.7 Å². The Morgan fingerprint density at radius 1 is 1.41 bits per heavy atom. The summed E-state index contributed by atoms with van der Waals surface area (Å²) in [5.74, 6) is -1.25. The molecule has 0 bridgehead atoms. The standard InChI is InChI=1S/C16H23F2N3S/c1-11-5-3-4-8-21(11)12(2)10-19-16(22)20-15-7-6-13(17)9-14(15)18/h6-7,9,11-12H,3-5,8,10H2,1-2H3,(H2,19,20,22)/t11-,12-/m1/s1. The average Bonchev–Trinajstić information content (AvgIpc) is 2.48. The Balaban J connectivity index is 1.82. The Morgan fingerprint density at radius 2 is 2.18 bits per heavy atom. The van der Waals surface area contributed by atoms with Gasteiger partial charge in [0.1, 0.15) is 11.6 Å². The lowest BCUT2D eigenvalue weighted by Crippen LogP contribution is -2.49. The van der Waals surface area contributed by atoms with Crippen molar-refractivity contribution in [3.63, 3.8) is 0 Å². The first-order valence-electron chi connectivity index (χ1n) is 7.73. The van der Waals surface area contributed by atoms with Crippen LogP contribution in [0.3, 0.4) is 0 Å². The van der Waals surface area contributed by atoms with Crippen LogP contribution in [0.5, 0.6) is 0 Å². The number of halogens is 2. The molecule has 1 heterocycles. The van der Waals surface area contributed by atoms with Crippen LogP contribution >= 0.6 is 12.2 Å². The van der Waals surface area contributed by atoms with Gasteiger partial charge in [-0.15, -0.1) is 0 Å². The van der Waals surface area contributed by atoms with Gasteiger partial charge in [0.15, 0.2) is 5.11 Å². The van der Waals surface area contributed by atoms with E-state index in [-0.39, 0.29) is 5.69 Å². The fraction of sp³-hybridized carbons (Fsp3) is 0.562. The third kappa shape index (κ3) is 4.61. The summed E-state index contributed by atoms with van der Waals surface area (Å²) in [6, 6.07) is 4.32. The quantitative estimate of drug-likeness (QED) is 0.828. The second-order valence-corrected chi connectivity index (χ2v) is 6.30. The predicted molar refractivity (Wildman–Crippen MR) is 90.1 cm³/mol. The molecule has 122 valence electrons. The van der Waals surface area contributed by atoms with Crippen LogP contribution in [-0.4, -0.2) is 35.2 Å². The molecular weight excluding hydrogens is 304 g/mol. The molecule has 0 spiro atoms. The van der Waals surface area contributed by atoms with Gasteiger partial charge in [-0.1, -0.05) is 6.42 Å². The average molecular weight is 327 g/mol. The summed E-state index contributed by atoms with van der Waals surface area (Å²) < 4.78 is 26.4. The molecule has 22 heavy (non-hydrogen) atoms. The highest BCUT2D eigenvalue weighted by Crippen LogP contribution is 2.19. The number of anilines is 1. The molecular formula is C16H23F2N3S. The lowest BCUT2D eigenvalue weighted by molar-refractivity contribution is 0.116. The maximum atomic E-state index is 13.6. The Bertz CT molecular complexity index is 524. The van der Waals surface area contributed by atoms with Crippen LogP contribution in [0.15, 0.2) is 18.2 Å². The van der Waals surface area contributed by atoms with Crippen molar-refractivity contribution in [1.82, 2.24) is 10.2 Å². The first kappa shape index (κ1) is 17.1. The lowest BCUT2D eigenvalue weighted by Gasteiger charge is -2.38. The molecule has 1 aromatic rings. The zero-order chi connectivity index (χ0) is 16.1. The number of likely N-dealkylation sites (tertiary alicyclic amines) is 1. The second kappa shape index (κ2) is 7.83. The summed E-state index contributed by atoms with van der Waals surface area (Å²) in [5, 5.41) is 6.22. The van der Waals surface area contributed by atoms with Gasteiger partial charge in [0.05, 0.1) is 5.69 Å². The van der Waals surface area contributed by atoms with Gasteiger partial charge >= 0.3 is 0 Å². The maximum Gasteiger partial charge on any atom is 0.170 e. The molecule has 1 aromatic carbocycles. The van der Waals surface area contributed by atoms with Crippen molar-refractivity contribution in [1.29, 1.82) is 0 Å². The van der Waals surface area contributed by atoms with Crippen molar-refractivity contribution in [2.75, 3.05) is 18.4 Å². The summed E-state index contributed by atoms with van der Waals surface area (Å²) in [4.78, 5) is 2.47. The van der Waals surface area contributed by atoms with Crippen LogP contribution in [0, 0.1) is 11.6 Å². The zero-order valence-electron chi connectivity index (χ0n) is 13.0. The molecule has 1 aliphatic heterocycles. The summed E-state index contributed by atoms with van der Waals surface area (Å²) in [5.41, 5.74) is 0.179. The van der Waals surface area contributed by atoms with E-state index < -0.39 is 11.6 Å². The minimum absolute atomic E-state index is 0.179. The molecule has 0 radical (unpaired) electrons. The number of hydrogen-bond acceptors (Lipinski definition) is 2. The highest BCUT2D eigenvalue weighted by atomic mass is 32.1. The fourth-order valence-corrected chi connectivity index (χ4v) is 3.08. The van der Waals surface area contributed by atoms with Gasteiger partial charge in [-0.25, -0.2) is 8.78 Å². The Hall–Kier alpha value is -1.27. The zero-order valence-corrected chi connectivity index (χ0v) is 13.9. The van der Waals surface area contributed by atoms with Crippen LogP contribution in [-0.2, 0) is 0 Å². The van der Waals surface area contributed by atoms with Gasteiger partial charge in [-0.2, -0.15) is 0 Å². The van der Waals surface area contributed by atoms with Gasteiger partial charge in [0.2, 0.25) is 0 Å². The maximum absolute atomic E-state index is 13.6.